The summed E-state index contributed by atoms with van der Waals surface area (Å²) in [6.45, 7) is 5.73. The van der Waals surface area contributed by atoms with Crippen LogP contribution >= 0.6 is 0 Å². The molecule has 7 heteroatoms. The zero-order chi connectivity index (χ0) is 20.9. The molecule has 1 fully saturated rings. The van der Waals surface area contributed by atoms with Crippen molar-refractivity contribution in [1.29, 1.82) is 0 Å². The molecule has 1 aromatic heterocycles. The van der Waals surface area contributed by atoms with Gasteiger partial charge in [0.15, 0.2) is 6.61 Å². The minimum absolute atomic E-state index is 0.340. The summed E-state index contributed by atoms with van der Waals surface area (Å²) in [6.07, 6.45) is 0. The summed E-state index contributed by atoms with van der Waals surface area (Å²) < 4.78 is 10.6. The van der Waals surface area contributed by atoms with E-state index in [4.69, 9.17) is 9.47 Å². The Hall–Kier alpha value is -3.16. The van der Waals surface area contributed by atoms with Crippen molar-refractivity contribution in [2.45, 2.75) is 13.5 Å². The number of aromatic nitrogens is 1. The number of hydrogen-bond donors (Lipinski definition) is 2. The number of anilines is 1. The van der Waals surface area contributed by atoms with Gasteiger partial charge in [0.2, 0.25) is 0 Å². The second-order valence-electron chi connectivity index (χ2n) is 7.38. The van der Waals surface area contributed by atoms with E-state index in [2.05, 4.69) is 15.2 Å². The lowest BCUT2D eigenvalue weighted by Crippen LogP contribution is -2.35. The van der Waals surface area contributed by atoms with Crippen molar-refractivity contribution in [3.8, 4) is 0 Å². The quantitative estimate of drug-likeness (QED) is 0.614. The first kappa shape index (κ1) is 20.1. The highest BCUT2D eigenvalue weighted by atomic mass is 16.5. The van der Waals surface area contributed by atoms with Crippen LogP contribution in [0.1, 0.15) is 21.6 Å². The summed E-state index contributed by atoms with van der Waals surface area (Å²) in [5, 5.41) is 3.56. The van der Waals surface area contributed by atoms with Crippen LogP contribution in [-0.2, 0) is 20.8 Å². The van der Waals surface area contributed by atoms with Gasteiger partial charge in [0.05, 0.1) is 18.8 Å². The van der Waals surface area contributed by atoms with Gasteiger partial charge in [-0.2, -0.15) is 0 Å². The summed E-state index contributed by atoms with van der Waals surface area (Å²) in [6, 6.07) is 15.2. The summed E-state index contributed by atoms with van der Waals surface area (Å²) in [5.41, 5.74) is 3.90. The summed E-state index contributed by atoms with van der Waals surface area (Å²) in [4.78, 5) is 30.2. The number of aryl methyl sites for hydroxylation is 1. The SMILES string of the molecule is Cc1[nH]c2ccccc2c1C(=O)OCC(=O)Nc1ccc(CN2CCOCC2)cc1. The van der Waals surface area contributed by atoms with Crippen molar-refractivity contribution in [3.05, 3.63) is 65.4 Å². The number of H-pyrrole nitrogens is 1. The van der Waals surface area contributed by atoms with Crippen LogP contribution in [0.3, 0.4) is 0 Å². The maximum atomic E-state index is 12.5. The van der Waals surface area contributed by atoms with E-state index in [0.29, 0.717) is 11.3 Å². The third-order valence-corrected chi connectivity index (χ3v) is 5.18. The Bertz CT molecular complexity index is 1040. The van der Waals surface area contributed by atoms with Crippen LogP contribution in [0.25, 0.3) is 10.9 Å². The molecule has 0 unspecified atom stereocenters. The fourth-order valence-electron chi connectivity index (χ4n) is 3.65. The van der Waals surface area contributed by atoms with Gasteiger partial charge in [0.25, 0.3) is 5.91 Å². The van der Waals surface area contributed by atoms with Crippen LogP contribution < -0.4 is 5.32 Å². The number of carbonyl (C=O) groups excluding carboxylic acids is 2. The van der Waals surface area contributed by atoms with Gasteiger partial charge in [-0.05, 0) is 30.7 Å². The van der Waals surface area contributed by atoms with Gasteiger partial charge in [-0.1, -0.05) is 30.3 Å². The Balaban J connectivity index is 1.30. The number of fused-ring (bicyclic) bond motifs is 1. The molecule has 1 aliphatic rings. The fraction of sp³-hybridized carbons (Fsp3) is 0.304. The third-order valence-electron chi connectivity index (χ3n) is 5.18. The number of carbonyl (C=O) groups is 2. The second kappa shape index (κ2) is 9.11. The number of nitrogens with zero attached hydrogens (tertiary/aromatic N) is 1. The zero-order valence-electron chi connectivity index (χ0n) is 16.9. The smallest absolute Gasteiger partial charge is 0.341 e. The van der Waals surface area contributed by atoms with E-state index in [1.54, 1.807) is 0 Å². The number of rotatable bonds is 6. The van der Waals surface area contributed by atoms with Crippen molar-refractivity contribution >= 4 is 28.5 Å². The number of benzene rings is 2. The first-order valence-corrected chi connectivity index (χ1v) is 10.0. The second-order valence-corrected chi connectivity index (χ2v) is 7.38. The summed E-state index contributed by atoms with van der Waals surface area (Å²) >= 11 is 0. The molecule has 0 bridgehead atoms. The lowest BCUT2D eigenvalue weighted by molar-refractivity contribution is -0.119. The van der Waals surface area contributed by atoms with Crippen LogP contribution in [0.2, 0.25) is 0 Å². The number of aromatic amines is 1. The number of para-hydroxylation sites is 1. The van der Waals surface area contributed by atoms with E-state index in [9.17, 15) is 9.59 Å². The van der Waals surface area contributed by atoms with E-state index in [0.717, 1.165) is 49.4 Å². The van der Waals surface area contributed by atoms with E-state index >= 15 is 0 Å². The highest BCUT2D eigenvalue weighted by Gasteiger charge is 2.18. The predicted octanol–water partition coefficient (Wildman–Crippen LogP) is 3.10. The molecule has 2 N–H and O–H groups in total. The molecule has 1 saturated heterocycles. The maximum absolute atomic E-state index is 12.5. The average Bonchev–Trinajstić information content (AvgIpc) is 3.10. The lowest BCUT2D eigenvalue weighted by Gasteiger charge is -2.26. The van der Waals surface area contributed by atoms with Crippen LogP contribution in [0.15, 0.2) is 48.5 Å². The molecule has 1 amide bonds. The molecular weight excluding hydrogens is 382 g/mol. The normalized spacial score (nSPS) is 14.6. The van der Waals surface area contributed by atoms with E-state index in [-0.39, 0.29) is 12.5 Å². The molecule has 2 heterocycles. The van der Waals surface area contributed by atoms with Crippen LogP contribution in [-0.4, -0.2) is 54.7 Å². The van der Waals surface area contributed by atoms with Gasteiger partial charge >= 0.3 is 5.97 Å². The molecule has 2 aromatic carbocycles. The third kappa shape index (κ3) is 4.69. The largest absolute Gasteiger partial charge is 0.452 e. The maximum Gasteiger partial charge on any atom is 0.341 e. The molecule has 3 aromatic rings. The van der Waals surface area contributed by atoms with Crippen LogP contribution in [0.5, 0.6) is 0 Å². The standard InChI is InChI=1S/C23H25N3O4/c1-16-22(19-4-2-3-5-20(19)24-16)23(28)30-15-21(27)25-18-8-6-17(7-9-18)14-26-10-12-29-13-11-26/h2-9,24H,10-15H2,1H3,(H,25,27). The highest BCUT2D eigenvalue weighted by Crippen LogP contribution is 2.22. The molecule has 1 aliphatic heterocycles. The number of amides is 1. The van der Waals surface area contributed by atoms with Crippen molar-refractivity contribution in [2.75, 3.05) is 38.2 Å². The molecule has 0 aliphatic carbocycles. The zero-order valence-corrected chi connectivity index (χ0v) is 16.9. The molecular formula is C23H25N3O4. The highest BCUT2D eigenvalue weighted by molar-refractivity contribution is 6.06. The van der Waals surface area contributed by atoms with E-state index in [1.165, 1.54) is 5.56 Å². The Morgan fingerprint density at radius 1 is 1.10 bits per heavy atom. The van der Waals surface area contributed by atoms with Crippen molar-refractivity contribution in [1.82, 2.24) is 9.88 Å². The van der Waals surface area contributed by atoms with Gasteiger partial charge in [-0.15, -0.1) is 0 Å². The van der Waals surface area contributed by atoms with Crippen molar-refractivity contribution in [2.24, 2.45) is 0 Å². The number of nitrogens with one attached hydrogen (secondary N) is 2. The van der Waals surface area contributed by atoms with Crippen molar-refractivity contribution < 1.29 is 19.1 Å². The number of hydrogen-bond acceptors (Lipinski definition) is 5. The number of morpholine rings is 1. The topological polar surface area (TPSA) is 83.7 Å². The first-order valence-electron chi connectivity index (χ1n) is 10.0. The average molecular weight is 407 g/mol. The van der Waals surface area contributed by atoms with Gasteiger partial charge in [0.1, 0.15) is 0 Å². The molecule has 0 radical (unpaired) electrons. The predicted molar refractivity (Wildman–Crippen MR) is 114 cm³/mol. The Morgan fingerprint density at radius 3 is 2.60 bits per heavy atom. The van der Waals surface area contributed by atoms with E-state index < -0.39 is 5.97 Å². The molecule has 156 valence electrons. The van der Waals surface area contributed by atoms with Crippen LogP contribution in [0, 0.1) is 6.92 Å². The molecule has 7 nitrogen and oxygen atoms in total. The van der Waals surface area contributed by atoms with Crippen LogP contribution in [0.4, 0.5) is 5.69 Å². The Morgan fingerprint density at radius 2 is 1.83 bits per heavy atom. The van der Waals surface area contributed by atoms with Crippen molar-refractivity contribution in [3.63, 3.8) is 0 Å². The molecule has 0 saturated carbocycles. The molecule has 30 heavy (non-hydrogen) atoms. The molecule has 0 spiro atoms. The Kier molecular flexibility index (Phi) is 6.11. The summed E-state index contributed by atoms with van der Waals surface area (Å²) in [7, 11) is 0. The van der Waals surface area contributed by atoms with Gasteiger partial charge < -0.3 is 19.8 Å². The minimum Gasteiger partial charge on any atom is -0.452 e. The lowest BCUT2D eigenvalue weighted by atomic mass is 10.1. The van der Waals surface area contributed by atoms with Gasteiger partial charge in [-0.3, -0.25) is 9.69 Å². The monoisotopic (exact) mass is 407 g/mol. The molecule has 4 rings (SSSR count). The van der Waals surface area contributed by atoms with Gasteiger partial charge in [-0.25, -0.2) is 4.79 Å². The van der Waals surface area contributed by atoms with Gasteiger partial charge in [0, 0.05) is 41.9 Å². The number of ether oxygens (including phenoxy) is 2. The van der Waals surface area contributed by atoms with E-state index in [1.807, 2.05) is 55.5 Å². The summed E-state index contributed by atoms with van der Waals surface area (Å²) in [5.74, 6) is -0.886. The first-order chi connectivity index (χ1) is 14.6. The minimum atomic E-state index is -0.513. The fourth-order valence-corrected chi connectivity index (χ4v) is 3.65. The Labute approximate surface area is 175 Å². The molecule has 0 atom stereocenters. The number of esters is 1.